The lowest BCUT2D eigenvalue weighted by atomic mass is 9.97. The van der Waals surface area contributed by atoms with E-state index in [0.717, 1.165) is 38.8 Å². The highest BCUT2D eigenvalue weighted by molar-refractivity contribution is 5.74. The zero-order valence-electron chi connectivity index (χ0n) is 17.6. The first kappa shape index (κ1) is 20.2. The molecule has 3 fully saturated rings. The van der Waals surface area contributed by atoms with Crippen LogP contribution in [0.4, 0.5) is 4.79 Å². The fourth-order valence-corrected chi connectivity index (χ4v) is 4.47. The molecular formula is C23H32N2O4. The summed E-state index contributed by atoms with van der Waals surface area (Å²) in [7, 11) is 0. The number of ether oxygens (including phenoxy) is 1. The molecule has 6 nitrogen and oxygen atoms in total. The van der Waals surface area contributed by atoms with Gasteiger partial charge in [-0.2, -0.15) is 0 Å². The van der Waals surface area contributed by atoms with Gasteiger partial charge < -0.3 is 14.7 Å². The number of amides is 1. The molecule has 4 rings (SSSR count). The number of likely N-dealkylation sites (tertiary alicyclic amines) is 1. The summed E-state index contributed by atoms with van der Waals surface area (Å²) >= 11 is 0. The zero-order valence-corrected chi connectivity index (χ0v) is 17.6. The van der Waals surface area contributed by atoms with E-state index in [9.17, 15) is 14.7 Å². The number of aliphatic carboxylic acids is 1. The summed E-state index contributed by atoms with van der Waals surface area (Å²) in [6.07, 6.45) is 3.52. The normalized spacial score (nSPS) is 27.6. The SMILES string of the molecule is CC(C)(C)OC(=O)N(CC1(CN2CC[C@H]2C(=O)O)CC1)C1C[C@H]1c1ccccc1. The molecule has 1 unspecified atom stereocenters. The second-order valence-corrected chi connectivity index (χ2v) is 10.0. The Balaban J connectivity index is 1.46. The largest absolute Gasteiger partial charge is 0.480 e. The van der Waals surface area contributed by atoms with Crippen molar-refractivity contribution in [2.45, 2.75) is 70.1 Å². The van der Waals surface area contributed by atoms with Crippen molar-refractivity contribution >= 4 is 12.1 Å². The molecule has 3 atom stereocenters. The third-order valence-corrected chi connectivity index (χ3v) is 6.43. The Hall–Kier alpha value is -2.08. The van der Waals surface area contributed by atoms with Crippen molar-refractivity contribution in [2.75, 3.05) is 19.6 Å². The lowest BCUT2D eigenvalue weighted by Crippen LogP contribution is -2.55. The average molecular weight is 401 g/mol. The van der Waals surface area contributed by atoms with Crippen LogP contribution < -0.4 is 0 Å². The van der Waals surface area contributed by atoms with Crippen LogP contribution >= 0.6 is 0 Å². The van der Waals surface area contributed by atoms with Crippen LogP contribution in [-0.2, 0) is 9.53 Å². The molecule has 0 radical (unpaired) electrons. The third kappa shape index (κ3) is 4.58. The van der Waals surface area contributed by atoms with Crippen molar-refractivity contribution in [3.63, 3.8) is 0 Å². The number of nitrogens with zero attached hydrogens (tertiary/aromatic N) is 2. The quantitative estimate of drug-likeness (QED) is 0.755. The molecule has 0 aromatic heterocycles. The van der Waals surface area contributed by atoms with Crippen LogP contribution in [0.3, 0.4) is 0 Å². The summed E-state index contributed by atoms with van der Waals surface area (Å²) < 4.78 is 5.74. The van der Waals surface area contributed by atoms with E-state index in [1.807, 2.05) is 43.9 Å². The van der Waals surface area contributed by atoms with Crippen LogP contribution in [-0.4, -0.2) is 64.3 Å². The summed E-state index contributed by atoms with van der Waals surface area (Å²) in [5.41, 5.74) is 0.744. The molecule has 2 saturated carbocycles. The van der Waals surface area contributed by atoms with Gasteiger partial charge in [-0.25, -0.2) is 4.79 Å². The predicted molar refractivity (Wildman–Crippen MR) is 110 cm³/mol. The van der Waals surface area contributed by atoms with Gasteiger partial charge in [0, 0.05) is 37.0 Å². The maximum atomic E-state index is 13.1. The summed E-state index contributed by atoms with van der Waals surface area (Å²) in [4.78, 5) is 28.4. The van der Waals surface area contributed by atoms with Crippen LogP contribution in [0.25, 0.3) is 0 Å². The smallest absolute Gasteiger partial charge is 0.410 e. The maximum absolute atomic E-state index is 13.1. The lowest BCUT2D eigenvalue weighted by Gasteiger charge is -2.41. The zero-order chi connectivity index (χ0) is 20.8. The number of carboxylic acid groups (broad SMARTS) is 1. The minimum absolute atomic E-state index is 0.00878. The Morgan fingerprint density at radius 2 is 1.93 bits per heavy atom. The molecule has 1 aliphatic heterocycles. The molecule has 158 valence electrons. The van der Waals surface area contributed by atoms with E-state index in [1.54, 1.807) is 0 Å². The van der Waals surface area contributed by atoms with Crippen molar-refractivity contribution in [1.82, 2.24) is 9.80 Å². The Kier molecular flexibility index (Phi) is 5.09. The van der Waals surface area contributed by atoms with Gasteiger partial charge in [-0.05, 0) is 52.0 Å². The molecule has 0 spiro atoms. The van der Waals surface area contributed by atoms with Crippen LogP contribution in [0.1, 0.15) is 57.9 Å². The molecule has 1 aromatic rings. The van der Waals surface area contributed by atoms with E-state index in [0.29, 0.717) is 12.5 Å². The van der Waals surface area contributed by atoms with Gasteiger partial charge in [0.05, 0.1) is 0 Å². The second kappa shape index (κ2) is 7.31. The number of hydrogen-bond acceptors (Lipinski definition) is 4. The molecule has 1 amide bonds. The first-order chi connectivity index (χ1) is 13.7. The Morgan fingerprint density at radius 1 is 1.24 bits per heavy atom. The van der Waals surface area contributed by atoms with Crippen LogP contribution in [0.5, 0.6) is 0 Å². The van der Waals surface area contributed by atoms with E-state index in [4.69, 9.17) is 4.74 Å². The molecule has 29 heavy (non-hydrogen) atoms. The Bertz CT molecular complexity index is 769. The molecule has 1 N–H and O–H groups in total. The summed E-state index contributed by atoms with van der Waals surface area (Å²) in [6, 6.07) is 10.2. The van der Waals surface area contributed by atoms with Crippen molar-refractivity contribution in [2.24, 2.45) is 5.41 Å². The summed E-state index contributed by atoms with van der Waals surface area (Å²) in [5, 5.41) is 9.35. The van der Waals surface area contributed by atoms with Crippen LogP contribution in [0.2, 0.25) is 0 Å². The van der Waals surface area contributed by atoms with Gasteiger partial charge in [-0.3, -0.25) is 9.69 Å². The molecular weight excluding hydrogens is 368 g/mol. The van der Waals surface area contributed by atoms with E-state index in [-0.39, 0.29) is 23.6 Å². The van der Waals surface area contributed by atoms with Gasteiger partial charge in [0.25, 0.3) is 0 Å². The van der Waals surface area contributed by atoms with Crippen molar-refractivity contribution in [1.29, 1.82) is 0 Å². The van der Waals surface area contributed by atoms with E-state index in [2.05, 4.69) is 17.0 Å². The maximum Gasteiger partial charge on any atom is 0.410 e. The number of carbonyl (C=O) groups excluding carboxylic acids is 1. The van der Waals surface area contributed by atoms with Gasteiger partial charge in [0.1, 0.15) is 11.6 Å². The molecule has 1 saturated heterocycles. The third-order valence-electron chi connectivity index (χ3n) is 6.43. The highest BCUT2D eigenvalue weighted by atomic mass is 16.6. The molecule has 0 bridgehead atoms. The van der Waals surface area contributed by atoms with Gasteiger partial charge in [0.2, 0.25) is 0 Å². The van der Waals surface area contributed by atoms with Crippen molar-refractivity contribution < 1.29 is 19.4 Å². The van der Waals surface area contributed by atoms with E-state index >= 15 is 0 Å². The standard InChI is InChI=1S/C23H32N2O4/c1-22(2,3)29-21(28)25(19-13-17(19)16-7-5-4-6-8-16)15-23(10-11-23)14-24-12-9-18(24)20(26)27/h4-8,17-19H,9-15H2,1-3H3,(H,26,27)/t17-,18-,19?/m0/s1. The van der Waals surface area contributed by atoms with E-state index in [1.165, 1.54) is 5.56 Å². The number of carboxylic acids is 1. The molecule has 2 aliphatic carbocycles. The Morgan fingerprint density at radius 3 is 2.45 bits per heavy atom. The molecule has 1 aromatic carbocycles. The number of benzene rings is 1. The average Bonchev–Trinajstić information content (AvgIpc) is 3.51. The van der Waals surface area contributed by atoms with Gasteiger partial charge in [0.15, 0.2) is 0 Å². The first-order valence-electron chi connectivity index (χ1n) is 10.7. The second-order valence-electron chi connectivity index (χ2n) is 10.0. The molecule has 6 heteroatoms. The van der Waals surface area contributed by atoms with Crippen LogP contribution in [0.15, 0.2) is 30.3 Å². The predicted octanol–water partition coefficient (Wildman–Crippen LogP) is 3.72. The highest BCUT2D eigenvalue weighted by Gasteiger charge is 2.53. The van der Waals surface area contributed by atoms with Gasteiger partial charge in [-0.1, -0.05) is 30.3 Å². The van der Waals surface area contributed by atoms with Crippen LogP contribution in [0, 0.1) is 5.41 Å². The summed E-state index contributed by atoms with van der Waals surface area (Å²) in [5.74, 6) is -0.377. The van der Waals surface area contributed by atoms with E-state index < -0.39 is 11.6 Å². The number of carbonyl (C=O) groups is 2. The molecule has 3 aliphatic rings. The lowest BCUT2D eigenvalue weighted by molar-refractivity contribution is -0.148. The number of rotatable bonds is 7. The fourth-order valence-electron chi connectivity index (χ4n) is 4.47. The minimum Gasteiger partial charge on any atom is -0.480 e. The Labute approximate surface area is 172 Å². The van der Waals surface area contributed by atoms with Gasteiger partial charge in [-0.15, -0.1) is 0 Å². The summed E-state index contributed by atoms with van der Waals surface area (Å²) in [6.45, 7) is 7.94. The van der Waals surface area contributed by atoms with Crippen molar-refractivity contribution in [3.05, 3.63) is 35.9 Å². The fraction of sp³-hybridized carbons (Fsp3) is 0.652. The molecule has 1 heterocycles. The van der Waals surface area contributed by atoms with Gasteiger partial charge >= 0.3 is 12.1 Å². The monoisotopic (exact) mass is 400 g/mol. The number of hydrogen-bond donors (Lipinski definition) is 1. The topological polar surface area (TPSA) is 70.1 Å². The highest BCUT2D eigenvalue weighted by Crippen LogP contribution is 2.52. The minimum atomic E-state index is -0.734. The van der Waals surface area contributed by atoms with Crippen molar-refractivity contribution in [3.8, 4) is 0 Å². The first-order valence-corrected chi connectivity index (χ1v) is 10.7.